The average Bonchev–Trinajstić information content (AvgIpc) is 3.47. The lowest BCUT2D eigenvalue weighted by molar-refractivity contribution is -0.108. The van der Waals surface area contributed by atoms with Gasteiger partial charge in [0.15, 0.2) is 0 Å². The predicted molar refractivity (Wildman–Crippen MR) is 139 cm³/mol. The highest BCUT2D eigenvalue weighted by Gasteiger charge is 2.57. The van der Waals surface area contributed by atoms with Crippen LogP contribution in [-0.4, -0.2) is 32.3 Å². The number of benzene rings is 2. The molecule has 7 nitrogen and oxygen atoms in total. The Morgan fingerprint density at radius 3 is 2.68 bits per heavy atom. The van der Waals surface area contributed by atoms with Gasteiger partial charge in [0, 0.05) is 22.4 Å². The van der Waals surface area contributed by atoms with Gasteiger partial charge in [-0.05, 0) is 92.5 Å². The Kier molecular flexibility index (Phi) is 5.34. The van der Waals surface area contributed by atoms with Crippen LogP contribution in [0, 0.1) is 40.8 Å². The second-order valence-corrected chi connectivity index (χ2v) is 11.8. The minimum absolute atomic E-state index is 0.144. The van der Waals surface area contributed by atoms with Crippen LogP contribution in [0.4, 0.5) is 14.9 Å². The number of halogens is 1. The number of carbonyl (C=O) groups excluding carboxylic acids is 1. The van der Waals surface area contributed by atoms with E-state index in [1.807, 2.05) is 10.6 Å². The molecule has 38 heavy (non-hydrogen) atoms. The van der Waals surface area contributed by atoms with Crippen LogP contribution in [0.2, 0.25) is 0 Å². The Balaban J connectivity index is 1.07. The Morgan fingerprint density at radius 2 is 1.95 bits per heavy atom. The molecule has 3 N–H and O–H groups in total. The maximum Gasteiger partial charge on any atom is 0.319 e. The highest BCUT2D eigenvalue weighted by atomic mass is 19.1. The van der Waals surface area contributed by atoms with Gasteiger partial charge in [0.05, 0.1) is 42.0 Å². The molecule has 2 amide bonds. The van der Waals surface area contributed by atoms with Gasteiger partial charge in [-0.25, -0.2) is 14.2 Å². The number of amides is 2. The summed E-state index contributed by atoms with van der Waals surface area (Å²) in [6.45, 7) is 0. The zero-order valence-corrected chi connectivity index (χ0v) is 21.0. The first-order chi connectivity index (χ1) is 18.4. The smallest absolute Gasteiger partial charge is 0.319 e. The normalized spacial score (nSPS) is 30.8. The van der Waals surface area contributed by atoms with Crippen molar-refractivity contribution in [1.29, 1.82) is 5.26 Å². The van der Waals surface area contributed by atoms with Gasteiger partial charge in [-0.3, -0.25) is 0 Å². The molecule has 5 aliphatic rings. The summed E-state index contributed by atoms with van der Waals surface area (Å²) in [6, 6.07) is 13.6. The number of anilines is 1. The zero-order chi connectivity index (χ0) is 26.0. The Hall–Kier alpha value is -3.70. The topological polar surface area (TPSA) is 103 Å². The number of carbonyl (C=O) groups is 1. The lowest BCUT2D eigenvalue weighted by Crippen LogP contribution is -2.64. The van der Waals surface area contributed by atoms with Crippen LogP contribution in [0.5, 0.6) is 0 Å². The van der Waals surface area contributed by atoms with Gasteiger partial charge < -0.3 is 20.3 Å². The molecule has 4 bridgehead atoms. The number of nitrogens with one attached hydrogen (secondary N) is 2. The van der Waals surface area contributed by atoms with Crippen molar-refractivity contribution in [3.8, 4) is 17.3 Å². The number of imidazole rings is 1. The van der Waals surface area contributed by atoms with Crippen LogP contribution in [0.1, 0.15) is 55.7 Å². The van der Waals surface area contributed by atoms with Crippen molar-refractivity contribution in [2.24, 2.45) is 23.7 Å². The summed E-state index contributed by atoms with van der Waals surface area (Å²) >= 11 is 0. The molecule has 4 aliphatic carbocycles. The summed E-state index contributed by atoms with van der Waals surface area (Å²) in [6.07, 6.45) is 8.25. The van der Waals surface area contributed by atoms with Gasteiger partial charge >= 0.3 is 6.03 Å². The van der Waals surface area contributed by atoms with Crippen molar-refractivity contribution in [3.63, 3.8) is 0 Å². The van der Waals surface area contributed by atoms with Crippen LogP contribution in [-0.2, 0) is 0 Å². The highest BCUT2D eigenvalue weighted by Crippen LogP contribution is 2.60. The number of hydrogen-bond acceptors (Lipinski definition) is 4. The average molecular weight is 512 g/mol. The van der Waals surface area contributed by atoms with Crippen molar-refractivity contribution in [1.82, 2.24) is 14.9 Å². The first-order valence-electron chi connectivity index (χ1n) is 13.5. The molecule has 4 atom stereocenters. The molecular weight excluding hydrogens is 481 g/mol. The molecule has 3 aromatic rings. The molecule has 0 saturated heterocycles. The third-order valence-electron chi connectivity index (χ3n) is 9.57. The molecule has 194 valence electrons. The molecule has 2 heterocycles. The molecule has 8 heteroatoms. The maximum atomic E-state index is 15.0. The number of urea groups is 1. The fourth-order valence-electron chi connectivity index (χ4n) is 8.49. The van der Waals surface area contributed by atoms with Crippen LogP contribution in [0.3, 0.4) is 0 Å². The lowest BCUT2D eigenvalue weighted by atomic mass is 9.48. The first-order valence-corrected chi connectivity index (χ1v) is 13.5. The van der Waals surface area contributed by atoms with Crippen molar-refractivity contribution in [3.05, 3.63) is 71.9 Å². The molecule has 4 unspecified atom stereocenters. The van der Waals surface area contributed by atoms with Gasteiger partial charge in [0.1, 0.15) is 5.82 Å². The van der Waals surface area contributed by atoms with E-state index >= 15 is 0 Å². The second kappa shape index (κ2) is 8.67. The van der Waals surface area contributed by atoms with Gasteiger partial charge in [-0.2, -0.15) is 5.26 Å². The van der Waals surface area contributed by atoms with Crippen molar-refractivity contribution in [2.75, 3.05) is 5.32 Å². The van der Waals surface area contributed by atoms with Crippen molar-refractivity contribution >= 4 is 11.7 Å². The van der Waals surface area contributed by atoms with Gasteiger partial charge in [-0.15, -0.1) is 0 Å². The molecule has 0 radical (unpaired) electrons. The number of aliphatic hydroxyl groups excluding tert-OH is 1. The fraction of sp³-hybridized carbons (Fsp3) is 0.433. The second-order valence-electron chi connectivity index (χ2n) is 11.8. The molecule has 1 aliphatic heterocycles. The lowest BCUT2D eigenvalue weighted by Gasteiger charge is -2.61. The van der Waals surface area contributed by atoms with E-state index < -0.39 is 6.10 Å². The summed E-state index contributed by atoms with van der Waals surface area (Å²) in [7, 11) is 0. The van der Waals surface area contributed by atoms with E-state index in [0.717, 1.165) is 43.4 Å². The molecule has 4 saturated carbocycles. The number of nitrogens with zero attached hydrogens (tertiary/aromatic N) is 3. The fourth-order valence-corrected chi connectivity index (χ4v) is 8.49. The van der Waals surface area contributed by atoms with E-state index in [0.29, 0.717) is 41.0 Å². The molecule has 0 spiro atoms. The van der Waals surface area contributed by atoms with E-state index in [9.17, 15) is 14.3 Å². The third-order valence-corrected chi connectivity index (χ3v) is 9.57. The Labute approximate surface area is 220 Å². The number of aliphatic hydroxyl groups is 1. The van der Waals surface area contributed by atoms with Crippen LogP contribution in [0.25, 0.3) is 11.3 Å². The molecule has 8 rings (SSSR count). The molecule has 4 fully saturated rings. The number of fused-ring (bicyclic) bond motifs is 3. The third kappa shape index (κ3) is 3.71. The Morgan fingerprint density at radius 1 is 1.18 bits per heavy atom. The van der Waals surface area contributed by atoms with Gasteiger partial charge in [0.2, 0.25) is 0 Å². The van der Waals surface area contributed by atoms with E-state index in [2.05, 4.69) is 21.7 Å². The van der Waals surface area contributed by atoms with Gasteiger partial charge in [0.25, 0.3) is 0 Å². The maximum absolute atomic E-state index is 15.0. The summed E-state index contributed by atoms with van der Waals surface area (Å²) in [4.78, 5) is 17.2. The van der Waals surface area contributed by atoms with Crippen LogP contribution < -0.4 is 10.6 Å². The summed E-state index contributed by atoms with van der Waals surface area (Å²) < 4.78 is 17.0. The van der Waals surface area contributed by atoms with E-state index in [-0.39, 0.29) is 29.3 Å². The first kappa shape index (κ1) is 23.4. The van der Waals surface area contributed by atoms with Gasteiger partial charge in [-0.1, -0.05) is 12.1 Å². The Bertz CT molecular complexity index is 1430. The minimum Gasteiger partial charge on any atom is -0.393 e. The minimum atomic E-state index is -0.555. The van der Waals surface area contributed by atoms with Crippen LogP contribution >= 0.6 is 0 Å². The standard InChI is InChI=1S/C30H30FN5O2/c31-23-3-1-2-22-25-15-33-16-36(25)24(28(22)23)10-26(37)27-19-8-18-9-20(27)13-30(11-18,12-19)35-29(38)34-21-6-4-17(14-32)5-7-21/h1-7,15-16,18-20,24,26-27,37H,8-13H2,(H2,34,35,38). The van der Waals surface area contributed by atoms with E-state index in [1.54, 1.807) is 42.9 Å². The SMILES string of the molecule is N#Cc1ccc(NC(=O)NC23CC4CC(C2)C(C(O)CC2c5c(F)cccc5-c5cncn52)C(C4)C3)cc1. The molecule has 1 aromatic heterocycles. The number of hydrogen-bond donors (Lipinski definition) is 3. The highest BCUT2D eigenvalue weighted by molar-refractivity contribution is 5.89. The molecule has 2 aromatic carbocycles. The monoisotopic (exact) mass is 511 g/mol. The zero-order valence-electron chi connectivity index (χ0n) is 21.0. The molecular formula is C30H30FN5O2. The van der Waals surface area contributed by atoms with Crippen molar-refractivity contribution in [2.45, 2.75) is 56.2 Å². The van der Waals surface area contributed by atoms with E-state index in [4.69, 9.17) is 5.26 Å². The predicted octanol–water partition coefficient (Wildman–Crippen LogP) is 5.23. The number of rotatable bonds is 5. The summed E-state index contributed by atoms with van der Waals surface area (Å²) in [5.74, 6) is 1.12. The van der Waals surface area contributed by atoms with E-state index in [1.165, 1.54) is 6.07 Å². The number of nitriles is 1. The quantitative estimate of drug-likeness (QED) is 0.436. The van der Waals surface area contributed by atoms with Crippen LogP contribution in [0.15, 0.2) is 55.0 Å². The largest absolute Gasteiger partial charge is 0.393 e. The number of aromatic nitrogens is 2. The summed E-state index contributed by atoms with van der Waals surface area (Å²) in [5.41, 5.74) is 3.37. The van der Waals surface area contributed by atoms with Crippen molar-refractivity contribution < 1.29 is 14.3 Å². The summed E-state index contributed by atoms with van der Waals surface area (Å²) in [5, 5.41) is 26.9.